The van der Waals surface area contributed by atoms with E-state index >= 15 is 0 Å². The standard InChI is InChI=1S/C12H13BrN4/c13-10-7-15-8-11(14)12(10)17-6-4-9-3-1-2-5-16-9/h1-3,5,7-8H,4,6,14H2,(H,15,17). The van der Waals surface area contributed by atoms with E-state index in [1.807, 2.05) is 18.2 Å². The lowest BCUT2D eigenvalue weighted by Crippen LogP contribution is -2.08. The van der Waals surface area contributed by atoms with Crippen LogP contribution in [0.2, 0.25) is 0 Å². The van der Waals surface area contributed by atoms with Crippen LogP contribution in [0, 0.1) is 0 Å². The summed E-state index contributed by atoms with van der Waals surface area (Å²) in [5, 5.41) is 3.28. The molecule has 4 nitrogen and oxygen atoms in total. The van der Waals surface area contributed by atoms with Crippen molar-refractivity contribution in [3.63, 3.8) is 0 Å². The van der Waals surface area contributed by atoms with Crippen LogP contribution in [0.3, 0.4) is 0 Å². The van der Waals surface area contributed by atoms with Crippen molar-refractivity contribution >= 4 is 27.3 Å². The average Bonchev–Trinajstić information content (AvgIpc) is 2.34. The zero-order valence-electron chi connectivity index (χ0n) is 9.23. The number of halogens is 1. The summed E-state index contributed by atoms with van der Waals surface area (Å²) in [6.07, 6.45) is 6.01. The van der Waals surface area contributed by atoms with Gasteiger partial charge >= 0.3 is 0 Å². The van der Waals surface area contributed by atoms with Crippen LogP contribution in [0.4, 0.5) is 11.4 Å². The average molecular weight is 293 g/mol. The third-order valence-electron chi connectivity index (χ3n) is 2.34. The minimum atomic E-state index is 0.639. The third-order valence-corrected chi connectivity index (χ3v) is 2.94. The highest BCUT2D eigenvalue weighted by atomic mass is 79.9. The van der Waals surface area contributed by atoms with E-state index < -0.39 is 0 Å². The molecule has 0 aliphatic carbocycles. The lowest BCUT2D eigenvalue weighted by Gasteiger charge is -2.10. The Morgan fingerprint density at radius 2 is 2.18 bits per heavy atom. The van der Waals surface area contributed by atoms with Crippen molar-refractivity contribution in [1.82, 2.24) is 9.97 Å². The molecule has 0 radical (unpaired) electrons. The molecule has 0 saturated carbocycles. The van der Waals surface area contributed by atoms with Crippen molar-refractivity contribution in [1.29, 1.82) is 0 Å². The number of aromatic nitrogens is 2. The van der Waals surface area contributed by atoms with Gasteiger partial charge in [-0.1, -0.05) is 6.07 Å². The Kier molecular flexibility index (Phi) is 3.93. The molecule has 2 heterocycles. The number of nitrogens with one attached hydrogen (secondary N) is 1. The first kappa shape index (κ1) is 11.9. The van der Waals surface area contributed by atoms with Crippen LogP contribution in [0.25, 0.3) is 0 Å². The Morgan fingerprint density at radius 3 is 2.88 bits per heavy atom. The number of nitrogen functional groups attached to an aromatic ring is 1. The molecule has 0 unspecified atom stereocenters. The molecule has 0 bridgehead atoms. The molecule has 0 saturated heterocycles. The molecule has 2 aromatic rings. The van der Waals surface area contributed by atoms with E-state index in [0.717, 1.165) is 28.8 Å². The zero-order valence-corrected chi connectivity index (χ0v) is 10.8. The van der Waals surface area contributed by atoms with Crippen LogP contribution in [0.15, 0.2) is 41.3 Å². The Morgan fingerprint density at radius 1 is 1.29 bits per heavy atom. The highest BCUT2D eigenvalue weighted by Crippen LogP contribution is 2.26. The van der Waals surface area contributed by atoms with E-state index in [9.17, 15) is 0 Å². The maximum absolute atomic E-state index is 5.83. The number of rotatable bonds is 4. The van der Waals surface area contributed by atoms with Gasteiger partial charge in [0.2, 0.25) is 0 Å². The number of hydrogen-bond acceptors (Lipinski definition) is 4. The summed E-state index contributed by atoms with van der Waals surface area (Å²) in [5.41, 5.74) is 8.41. The minimum absolute atomic E-state index is 0.639. The van der Waals surface area contributed by atoms with Crippen molar-refractivity contribution < 1.29 is 0 Å². The normalized spacial score (nSPS) is 10.2. The van der Waals surface area contributed by atoms with Gasteiger partial charge in [-0.2, -0.15) is 0 Å². The van der Waals surface area contributed by atoms with Gasteiger partial charge in [0.05, 0.1) is 22.0 Å². The number of nitrogens with two attached hydrogens (primary N) is 1. The number of hydrogen-bond donors (Lipinski definition) is 2. The van der Waals surface area contributed by atoms with Crippen LogP contribution in [0.5, 0.6) is 0 Å². The Hall–Kier alpha value is -1.62. The number of nitrogens with zero attached hydrogens (tertiary/aromatic N) is 2. The first-order valence-electron chi connectivity index (χ1n) is 5.30. The van der Waals surface area contributed by atoms with E-state index in [2.05, 4.69) is 31.2 Å². The van der Waals surface area contributed by atoms with Crippen LogP contribution in [-0.4, -0.2) is 16.5 Å². The molecule has 3 N–H and O–H groups in total. The van der Waals surface area contributed by atoms with Crippen LogP contribution in [-0.2, 0) is 6.42 Å². The van der Waals surface area contributed by atoms with Gasteiger partial charge in [0.15, 0.2) is 0 Å². The molecule has 0 atom stereocenters. The lowest BCUT2D eigenvalue weighted by atomic mass is 10.2. The third kappa shape index (κ3) is 3.17. The Bertz CT molecular complexity index is 467. The fourth-order valence-corrected chi connectivity index (χ4v) is 1.99. The monoisotopic (exact) mass is 292 g/mol. The molecule has 0 spiro atoms. The molecule has 17 heavy (non-hydrogen) atoms. The lowest BCUT2D eigenvalue weighted by molar-refractivity contribution is 0.960. The van der Waals surface area contributed by atoms with Crippen molar-refractivity contribution in [3.05, 3.63) is 47.0 Å². The molecule has 0 fully saturated rings. The smallest absolute Gasteiger partial charge is 0.0750 e. The molecule has 0 aromatic carbocycles. The molecular weight excluding hydrogens is 280 g/mol. The quantitative estimate of drug-likeness (QED) is 0.909. The first-order chi connectivity index (χ1) is 8.27. The molecule has 0 aliphatic heterocycles. The van der Waals surface area contributed by atoms with Crippen molar-refractivity contribution in [2.24, 2.45) is 0 Å². The van der Waals surface area contributed by atoms with E-state index in [-0.39, 0.29) is 0 Å². The predicted octanol–water partition coefficient (Wildman–Crippen LogP) is 2.48. The topological polar surface area (TPSA) is 63.8 Å². The maximum atomic E-state index is 5.83. The zero-order chi connectivity index (χ0) is 12.1. The summed E-state index contributed by atoms with van der Waals surface area (Å²) in [6.45, 7) is 0.782. The summed E-state index contributed by atoms with van der Waals surface area (Å²) in [6, 6.07) is 5.90. The van der Waals surface area contributed by atoms with Gasteiger partial charge < -0.3 is 11.1 Å². The molecule has 5 heteroatoms. The van der Waals surface area contributed by atoms with E-state index in [1.54, 1.807) is 18.6 Å². The van der Waals surface area contributed by atoms with Crippen molar-refractivity contribution in [2.45, 2.75) is 6.42 Å². The number of anilines is 2. The van der Waals surface area contributed by atoms with Crippen LogP contribution in [0.1, 0.15) is 5.69 Å². The van der Waals surface area contributed by atoms with Gasteiger partial charge in [-0.25, -0.2) is 0 Å². The van der Waals surface area contributed by atoms with Crippen molar-refractivity contribution in [3.8, 4) is 0 Å². The summed E-state index contributed by atoms with van der Waals surface area (Å²) < 4.78 is 0.874. The van der Waals surface area contributed by atoms with Gasteiger partial charge in [-0.3, -0.25) is 9.97 Å². The van der Waals surface area contributed by atoms with E-state index in [0.29, 0.717) is 5.69 Å². The van der Waals surface area contributed by atoms with Gasteiger partial charge in [-0.05, 0) is 28.1 Å². The first-order valence-corrected chi connectivity index (χ1v) is 6.09. The largest absolute Gasteiger partial charge is 0.396 e. The second kappa shape index (κ2) is 5.63. The van der Waals surface area contributed by atoms with Crippen LogP contribution >= 0.6 is 15.9 Å². The summed E-state index contributed by atoms with van der Waals surface area (Å²) in [4.78, 5) is 8.25. The Balaban J connectivity index is 1.95. The van der Waals surface area contributed by atoms with Gasteiger partial charge in [0, 0.05) is 31.1 Å². The highest BCUT2D eigenvalue weighted by Gasteiger charge is 2.03. The van der Waals surface area contributed by atoms with Gasteiger partial charge in [-0.15, -0.1) is 0 Å². The summed E-state index contributed by atoms with van der Waals surface area (Å²) >= 11 is 3.41. The summed E-state index contributed by atoms with van der Waals surface area (Å²) in [7, 11) is 0. The molecule has 0 aliphatic rings. The molecule has 2 aromatic heterocycles. The highest BCUT2D eigenvalue weighted by molar-refractivity contribution is 9.10. The molecule has 2 rings (SSSR count). The number of pyridine rings is 2. The van der Waals surface area contributed by atoms with Gasteiger partial charge in [0.1, 0.15) is 0 Å². The van der Waals surface area contributed by atoms with E-state index in [4.69, 9.17) is 5.73 Å². The molecule has 88 valence electrons. The minimum Gasteiger partial charge on any atom is -0.396 e. The van der Waals surface area contributed by atoms with Crippen LogP contribution < -0.4 is 11.1 Å². The SMILES string of the molecule is Nc1cncc(Br)c1NCCc1ccccn1. The second-order valence-corrected chi connectivity index (χ2v) is 4.44. The fraction of sp³-hybridized carbons (Fsp3) is 0.167. The second-order valence-electron chi connectivity index (χ2n) is 3.58. The van der Waals surface area contributed by atoms with E-state index in [1.165, 1.54) is 0 Å². The Labute approximate surface area is 108 Å². The fourth-order valence-electron chi connectivity index (χ4n) is 1.50. The maximum Gasteiger partial charge on any atom is 0.0750 e. The molecule has 0 amide bonds. The molecular formula is C12H13BrN4. The summed E-state index contributed by atoms with van der Waals surface area (Å²) in [5.74, 6) is 0. The van der Waals surface area contributed by atoms with Crippen molar-refractivity contribution in [2.75, 3.05) is 17.6 Å². The van der Waals surface area contributed by atoms with Gasteiger partial charge in [0.25, 0.3) is 0 Å². The predicted molar refractivity (Wildman–Crippen MR) is 72.8 cm³/mol.